The summed E-state index contributed by atoms with van der Waals surface area (Å²) in [5, 5.41) is 0. The minimum atomic E-state index is 0.797. The molecule has 0 saturated carbocycles. The minimum absolute atomic E-state index is 0.797. The van der Waals surface area contributed by atoms with Gasteiger partial charge in [-0.05, 0) is 18.4 Å². The molecule has 0 N–H and O–H groups in total. The van der Waals surface area contributed by atoms with Crippen LogP contribution < -0.4 is 4.74 Å². The van der Waals surface area contributed by atoms with E-state index in [1.807, 2.05) is 44.2 Å². The van der Waals surface area contributed by atoms with Gasteiger partial charge in [-0.3, -0.25) is 0 Å². The summed E-state index contributed by atoms with van der Waals surface area (Å²) in [6.07, 6.45) is 2.08. The summed E-state index contributed by atoms with van der Waals surface area (Å²) in [4.78, 5) is 0. The summed E-state index contributed by atoms with van der Waals surface area (Å²) in [6.45, 7) is 4.80. The van der Waals surface area contributed by atoms with E-state index in [1.54, 1.807) is 11.8 Å². The summed E-state index contributed by atoms with van der Waals surface area (Å²) < 4.78 is 5.43. The van der Waals surface area contributed by atoms with Crippen molar-refractivity contribution in [2.24, 2.45) is 0 Å². The van der Waals surface area contributed by atoms with Crippen LogP contribution in [0.2, 0.25) is 0 Å². The topological polar surface area (TPSA) is 9.23 Å². The average Bonchev–Trinajstić information content (AvgIpc) is 2.23. The second-order valence-electron chi connectivity index (χ2n) is 2.15. The van der Waals surface area contributed by atoms with Crippen LogP contribution in [0, 0.1) is 0 Å². The van der Waals surface area contributed by atoms with Crippen molar-refractivity contribution in [3.63, 3.8) is 0 Å². The molecule has 1 rings (SSSR count). The number of thioether (sulfide) groups is 1. The van der Waals surface area contributed by atoms with Gasteiger partial charge in [0.25, 0.3) is 0 Å². The molecule has 0 saturated heterocycles. The van der Waals surface area contributed by atoms with Crippen LogP contribution in [0.3, 0.4) is 0 Å². The van der Waals surface area contributed by atoms with E-state index in [0.29, 0.717) is 0 Å². The fourth-order valence-electron chi connectivity index (χ4n) is 0.760. The molecule has 0 aromatic heterocycles. The molecule has 0 bridgehead atoms. The highest BCUT2D eigenvalue weighted by Crippen LogP contribution is 2.08. The van der Waals surface area contributed by atoms with E-state index < -0.39 is 0 Å². The molecule has 74 valence electrons. The summed E-state index contributed by atoms with van der Waals surface area (Å²) in [5.41, 5.74) is 0. The van der Waals surface area contributed by atoms with E-state index in [9.17, 15) is 0 Å². The molecule has 2 heteroatoms. The summed E-state index contributed by atoms with van der Waals surface area (Å²) in [6, 6.07) is 9.89. The standard InChI is InChI=1S/C9H12OS.C2H6/c1-11-8-7-10-9-5-3-2-4-6-9;1-2/h2-6H,7-8H2,1H3;1-2H3. The zero-order valence-electron chi connectivity index (χ0n) is 8.62. The quantitative estimate of drug-likeness (QED) is 0.685. The molecule has 1 aromatic carbocycles. The number of rotatable bonds is 4. The lowest BCUT2D eigenvalue weighted by Gasteiger charge is -2.02. The Balaban J connectivity index is 0.000000671. The van der Waals surface area contributed by atoms with E-state index in [-0.39, 0.29) is 0 Å². The van der Waals surface area contributed by atoms with Gasteiger partial charge in [-0.15, -0.1) is 0 Å². The van der Waals surface area contributed by atoms with Crippen LogP contribution >= 0.6 is 11.8 Å². The van der Waals surface area contributed by atoms with Gasteiger partial charge in [0.15, 0.2) is 0 Å². The number of para-hydroxylation sites is 1. The Bertz CT molecular complexity index is 187. The van der Waals surface area contributed by atoms with Gasteiger partial charge < -0.3 is 4.74 Å². The van der Waals surface area contributed by atoms with E-state index >= 15 is 0 Å². The smallest absolute Gasteiger partial charge is 0.119 e. The molecular weight excluding hydrogens is 180 g/mol. The molecule has 0 aliphatic carbocycles. The molecule has 0 unspecified atom stereocenters. The van der Waals surface area contributed by atoms with Gasteiger partial charge in [-0.1, -0.05) is 32.0 Å². The predicted octanol–water partition coefficient (Wildman–Crippen LogP) is 3.45. The first-order valence-electron chi connectivity index (χ1n) is 4.60. The average molecular weight is 198 g/mol. The molecule has 0 atom stereocenters. The molecule has 1 aromatic rings. The third kappa shape index (κ3) is 6.52. The van der Waals surface area contributed by atoms with Gasteiger partial charge in [0.2, 0.25) is 0 Å². The van der Waals surface area contributed by atoms with Crippen molar-refractivity contribution >= 4 is 11.8 Å². The second kappa shape index (κ2) is 9.46. The SMILES string of the molecule is CC.CSCCOc1ccccc1. The molecule has 0 aliphatic rings. The second-order valence-corrected chi connectivity index (χ2v) is 3.14. The number of hydrogen-bond acceptors (Lipinski definition) is 2. The fraction of sp³-hybridized carbons (Fsp3) is 0.455. The van der Waals surface area contributed by atoms with Gasteiger partial charge in [0, 0.05) is 5.75 Å². The Labute approximate surface area is 85.5 Å². The molecule has 13 heavy (non-hydrogen) atoms. The highest BCUT2D eigenvalue weighted by Gasteiger charge is 1.88. The molecule has 0 radical (unpaired) electrons. The molecular formula is C11H18OS. The lowest BCUT2D eigenvalue weighted by Crippen LogP contribution is -1.98. The number of hydrogen-bond donors (Lipinski definition) is 0. The van der Waals surface area contributed by atoms with Gasteiger partial charge in [0.1, 0.15) is 5.75 Å². The zero-order valence-corrected chi connectivity index (χ0v) is 9.43. The minimum Gasteiger partial charge on any atom is -0.493 e. The van der Waals surface area contributed by atoms with Crippen molar-refractivity contribution in [2.45, 2.75) is 13.8 Å². The Hall–Kier alpha value is -0.630. The first-order chi connectivity index (χ1) is 6.43. The maximum absolute atomic E-state index is 5.43. The molecule has 0 amide bonds. The largest absolute Gasteiger partial charge is 0.493 e. The first-order valence-corrected chi connectivity index (χ1v) is 5.99. The van der Waals surface area contributed by atoms with Crippen molar-refractivity contribution in [3.8, 4) is 5.75 Å². The highest BCUT2D eigenvalue weighted by atomic mass is 32.2. The van der Waals surface area contributed by atoms with Crippen LogP contribution in [0.4, 0.5) is 0 Å². The van der Waals surface area contributed by atoms with Crippen LogP contribution in [-0.4, -0.2) is 18.6 Å². The Morgan fingerprint density at radius 1 is 1.15 bits per heavy atom. The van der Waals surface area contributed by atoms with E-state index in [4.69, 9.17) is 4.74 Å². The van der Waals surface area contributed by atoms with Crippen molar-refractivity contribution < 1.29 is 4.74 Å². The highest BCUT2D eigenvalue weighted by molar-refractivity contribution is 7.98. The Kier molecular flexibility index (Phi) is 9.00. The Morgan fingerprint density at radius 3 is 2.31 bits per heavy atom. The Morgan fingerprint density at radius 2 is 1.77 bits per heavy atom. The normalized spacial score (nSPS) is 8.54. The zero-order chi connectivity index (χ0) is 9.94. The van der Waals surface area contributed by atoms with Gasteiger partial charge in [0.05, 0.1) is 6.61 Å². The molecule has 0 spiro atoms. The van der Waals surface area contributed by atoms with Gasteiger partial charge >= 0.3 is 0 Å². The number of ether oxygens (including phenoxy) is 1. The summed E-state index contributed by atoms with van der Waals surface area (Å²) in [5.74, 6) is 2.01. The lowest BCUT2D eigenvalue weighted by molar-refractivity contribution is 0.344. The van der Waals surface area contributed by atoms with Crippen LogP contribution in [0.5, 0.6) is 5.75 Å². The van der Waals surface area contributed by atoms with Crippen LogP contribution in [0.1, 0.15) is 13.8 Å². The van der Waals surface area contributed by atoms with E-state index in [1.165, 1.54) is 0 Å². The van der Waals surface area contributed by atoms with Crippen molar-refractivity contribution in [2.75, 3.05) is 18.6 Å². The third-order valence-electron chi connectivity index (χ3n) is 1.30. The number of benzene rings is 1. The van der Waals surface area contributed by atoms with E-state index in [2.05, 4.69) is 6.26 Å². The van der Waals surface area contributed by atoms with Gasteiger partial charge in [-0.2, -0.15) is 11.8 Å². The van der Waals surface area contributed by atoms with Gasteiger partial charge in [-0.25, -0.2) is 0 Å². The summed E-state index contributed by atoms with van der Waals surface area (Å²) in [7, 11) is 0. The molecule has 0 aliphatic heterocycles. The monoisotopic (exact) mass is 198 g/mol. The van der Waals surface area contributed by atoms with Crippen LogP contribution in [-0.2, 0) is 0 Å². The maximum Gasteiger partial charge on any atom is 0.119 e. The van der Waals surface area contributed by atoms with Crippen LogP contribution in [0.15, 0.2) is 30.3 Å². The van der Waals surface area contributed by atoms with Crippen molar-refractivity contribution in [1.82, 2.24) is 0 Å². The molecule has 0 heterocycles. The lowest BCUT2D eigenvalue weighted by atomic mass is 10.3. The van der Waals surface area contributed by atoms with Crippen LogP contribution in [0.25, 0.3) is 0 Å². The fourth-order valence-corrected chi connectivity index (χ4v) is 1.01. The van der Waals surface area contributed by atoms with Crippen molar-refractivity contribution in [3.05, 3.63) is 30.3 Å². The maximum atomic E-state index is 5.43. The predicted molar refractivity (Wildman–Crippen MR) is 61.7 cm³/mol. The van der Waals surface area contributed by atoms with E-state index in [0.717, 1.165) is 18.1 Å². The summed E-state index contributed by atoms with van der Waals surface area (Å²) >= 11 is 1.80. The first kappa shape index (κ1) is 12.4. The molecule has 0 fully saturated rings. The molecule has 1 nitrogen and oxygen atoms in total. The van der Waals surface area contributed by atoms with Crippen molar-refractivity contribution in [1.29, 1.82) is 0 Å². The third-order valence-corrected chi connectivity index (χ3v) is 1.87.